The lowest BCUT2D eigenvalue weighted by molar-refractivity contribution is -0.138. The molecule has 2 atom stereocenters. The molecule has 2 unspecified atom stereocenters. The quantitative estimate of drug-likeness (QED) is 0.331. The summed E-state index contributed by atoms with van der Waals surface area (Å²) in [6.07, 6.45) is 4.53. The molecule has 1 saturated carbocycles. The number of esters is 1. The van der Waals surface area contributed by atoms with Gasteiger partial charge in [-0.25, -0.2) is 9.59 Å². The molecule has 0 aromatic rings. The van der Waals surface area contributed by atoms with Crippen LogP contribution in [0, 0.1) is 22.3 Å². The molecule has 134 valence electrons. The number of rotatable bonds is 7. The van der Waals surface area contributed by atoms with Gasteiger partial charge in [0.05, 0.1) is 0 Å². The zero-order valence-electron chi connectivity index (χ0n) is 14.6. The van der Waals surface area contributed by atoms with Crippen molar-refractivity contribution in [3.63, 3.8) is 0 Å². The Balaban J connectivity index is 2.40. The van der Waals surface area contributed by atoms with Gasteiger partial charge in [-0.05, 0) is 30.1 Å². The van der Waals surface area contributed by atoms with Crippen LogP contribution in [-0.4, -0.2) is 37.9 Å². The van der Waals surface area contributed by atoms with Gasteiger partial charge in [-0.2, -0.15) is 5.26 Å². The molecule has 1 aliphatic rings. The number of nitriles is 1. The standard InChI is InChI=1S/C17H26N2O5/c1-5-14(20)22-6-7-23-15(21)19-11-17(4)9-13(24-12-18)8-16(2,3)10-17/h5,13H,1,6-11H2,2-4H3,(H,19,21). The summed E-state index contributed by atoms with van der Waals surface area (Å²) in [5.41, 5.74) is -0.156. The lowest BCUT2D eigenvalue weighted by atomic mass is 9.63. The maximum absolute atomic E-state index is 11.7. The molecule has 7 heteroatoms. The summed E-state index contributed by atoms with van der Waals surface area (Å²) in [6, 6.07) is 0. The van der Waals surface area contributed by atoms with E-state index < -0.39 is 12.1 Å². The number of hydrogen-bond donors (Lipinski definition) is 1. The number of nitrogens with one attached hydrogen (secondary N) is 1. The molecule has 1 N–H and O–H groups in total. The lowest BCUT2D eigenvalue weighted by Gasteiger charge is -2.45. The van der Waals surface area contributed by atoms with Gasteiger partial charge < -0.3 is 19.5 Å². The van der Waals surface area contributed by atoms with Gasteiger partial charge in [0.25, 0.3) is 6.26 Å². The van der Waals surface area contributed by atoms with Crippen molar-refractivity contribution in [2.75, 3.05) is 19.8 Å². The Bertz CT molecular complexity index is 512. The summed E-state index contributed by atoms with van der Waals surface area (Å²) in [7, 11) is 0. The average molecular weight is 338 g/mol. The maximum atomic E-state index is 11.7. The van der Waals surface area contributed by atoms with Crippen molar-refractivity contribution in [2.24, 2.45) is 10.8 Å². The summed E-state index contributed by atoms with van der Waals surface area (Å²) in [4.78, 5) is 22.6. The van der Waals surface area contributed by atoms with Gasteiger partial charge in [0.1, 0.15) is 19.3 Å². The van der Waals surface area contributed by atoms with E-state index in [0.29, 0.717) is 13.0 Å². The zero-order chi connectivity index (χ0) is 18.2. The Morgan fingerprint density at radius 3 is 2.58 bits per heavy atom. The fraction of sp³-hybridized carbons (Fsp3) is 0.706. The SMILES string of the molecule is C=CC(=O)OCCOC(=O)NCC1(C)CC(OC#N)CC(C)(C)C1. The van der Waals surface area contributed by atoms with Crippen LogP contribution in [0.3, 0.4) is 0 Å². The van der Waals surface area contributed by atoms with Gasteiger partial charge in [-0.1, -0.05) is 27.4 Å². The first-order chi connectivity index (χ1) is 11.2. The van der Waals surface area contributed by atoms with Crippen LogP contribution in [0.4, 0.5) is 4.79 Å². The number of carbonyl (C=O) groups is 2. The van der Waals surface area contributed by atoms with Crippen molar-refractivity contribution >= 4 is 12.1 Å². The van der Waals surface area contributed by atoms with Crippen LogP contribution in [0.5, 0.6) is 0 Å². The third kappa shape index (κ3) is 6.90. The van der Waals surface area contributed by atoms with E-state index >= 15 is 0 Å². The van der Waals surface area contributed by atoms with Crippen molar-refractivity contribution in [1.82, 2.24) is 5.32 Å². The summed E-state index contributed by atoms with van der Waals surface area (Å²) < 4.78 is 14.8. The second-order valence-corrected chi connectivity index (χ2v) is 7.25. The van der Waals surface area contributed by atoms with E-state index in [-0.39, 0.29) is 30.1 Å². The Morgan fingerprint density at radius 2 is 1.96 bits per heavy atom. The molecule has 1 fully saturated rings. The zero-order valence-corrected chi connectivity index (χ0v) is 14.6. The molecule has 1 aliphatic carbocycles. The minimum atomic E-state index is -0.563. The fourth-order valence-corrected chi connectivity index (χ4v) is 3.50. The lowest BCUT2D eigenvalue weighted by Crippen LogP contribution is -2.45. The maximum Gasteiger partial charge on any atom is 0.407 e. The smallest absolute Gasteiger partial charge is 0.407 e. The largest absolute Gasteiger partial charge is 0.459 e. The summed E-state index contributed by atoms with van der Waals surface area (Å²) in [6.45, 7) is 9.98. The summed E-state index contributed by atoms with van der Waals surface area (Å²) in [5, 5.41) is 11.5. The highest BCUT2D eigenvalue weighted by atomic mass is 16.6. The highest BCUT2D eigenvalue weighted by molar-refractivity contribution is 5.81. The van der Waals surface area contributed by atoms with Gasteiger partial charge in [-0.3, -0.25) is 0 Å². The van der Waals surface area contributed by atoms with E-state index in [1.807, 2.05) is 0 Å². The molecule has 7 nitrogen and oxygen atoms in total. The highest BCUT2D eigenvalue weighted by Crippen LogP contribution is 2.46. The van der Waals surface area contributed by atoms with Gasteiger partial charge >= 0.3 is 12.1 Å². The number of nitrogens with zero attached hydrogens (tertiary/aromatic N) is 1. The minimum absolute atomic E-state index is 0.0132. The first kappa shape index (κ1) is 19.8. The van der Waals surface area contributed by atoms with Crippen molar-refractivity contribution < 1.29 is 23.8 Å². The summed E-state index contributed by atoms with van der Waals surface area (Å²) >= 11 is 0. The Hall–Kier alpha value is -2.23. The predicted molar refractivity (Wildman–Crippen MR) is 86.7 cm³/mol. The fourth-order valence-electron chi connectivity index (χ4n) is 3.50. The number of amides is 1. The van der Waals surface area contributed by atoms with E-state index in [1.54, 1.807) is 6.26 Å². The molecule has 24 heavy (non-hydrogen) atoms. The predicted octanol–water partition coefficient (Wildman–Crippen LogP) is 2.52. The molecular weight excluding hydrogens is 312 g/mol. The van der Waals surface area contributed by atoms with Crippen molar-refractivity contribution in [3.8, 4) is 6.26 Å². The van der Waals surface area contributed by atoms with E-state index in [0.717, 1.165) is 18.9 Å². The van der Waals surface area contributed by atoms with E-state index in [2.05, 4.69) is 32.7 Å². The van der Waals surface area contributed by atoms with E-state index in [1.165, 1.54) is 0 Å². The van der Waals surface area contributed by atoms with Gasteiger partial charge in [0.2, 0.25) is 0 Å². The normalized spacial score (nSPS) is 25.0. The molecule has 0 heterocycles. The topological polar surface area (TPSA) is 97.7 Å². The molecule has 0 saturated heterocycles. The summed E-state index contributed by atoms with van der Waals surface area (Å²) in [5.74, 6) is -0.556. The molecule has 0 spiro atoms. The van der Waals surface area contributed by atoms with Crippen molar-refractivity contribution in [2.45, 2.75) is 46.1 Å². The molecule has 0 aromatic heterocycles. The first-order valence-electron chi connectivity index (χ1n) is 7.94. The Kier molecular flexibility index (Phi) is 7.08. The number of hydrogen-bond acceptors (Lipinski definition) is 6. The van der Waals surface area contributed by atoms with Gasteiger partial charge in [-0.15, -0.1) is 0 Å². The van der Waals surface area contributed by atoms with Crippen molar-refractivity contribution in [3.05, 3.63) is 12.7 Å². The van der Waals surface area contributed by atoms with Crippen LogP contribution in [0.1, 0.15) is 40.0 Å². The molecule has 0 radical (unpaired) electrons. The third-order valence-electron chi connectivity index (χ3n) is 4.01. The van der Waals surface area contributed by atoms with Crippen LogP contribution in [-0.2, 0) is 19.0 Å². The van der Waals surface area contributed by atoms with E-state index in [9.17, 15) is 9.59 Å². The van der Waals surface area contributed by atoms with E-state index in [4.69, 9.17) is 19.5 Å². The number of alkyl carbamates (subject to hydrolysis) is 1. The van der Waals surface area contributed by atoms with Crippen LogP contribution in [0.2, 0.25) is 0 Å². The second-order valence-electron chi connectivity index (χ2n) is 7.25. The molecular formula is C17H26N2O5. The number of carbonyl (C=O) groups excluding carboxylic acids is 2. The van der Waals surface area contributed by atoms with Crippen molar-refractivity contribution in [1.29, 1.82) is 5.26 Å². The van der Waals surface area contributed by atoms with Crippen LogP contribution >= 0.6 is 0 Å². The monoisotopic (exact) mass is 338 g/mol. The number of ether oxygens (including phenoxy) is 3. The third-order valence-corrected chi connectivity index (χ3v) is 4.01. The average Bonchev–Trinajstić information content (AvgIpc) is 2.47. The molecule has 0 aliphatic heterocycles. The molecule has 0 aromatic carbocycles. The Morgan fingerprint density at radius 1 is 1.29 bits per heavy atom. The highest BCUT2D eigenvalue weighted by Gasteiger charge is 2.42. The minimum Gasteiger partial charge on any atom is -0.459 e. The van der Waals surface area contributed by atoms with Crippen LogP contribution in [0.15, 0.2) is 12.7 Å². The Labute approximate surface area is 142 Å². The van der Waals surface area contributed by atoms with Crippen LogP contribution in [0.25, 0.3) is 0 Å². The van der Waals surface area contributed by atoms with Gasteiger partial charge in [0, 0.05) is 12.6 Å². The van der Waals surface area contributed by atoms with Crippen LogP contribution < -0.4 is 5.32 Å². The van der Waals surface area contributed by atoms with Gasteiger partial charge in [0.15, 0.2) is 0 Å². The molecule has 1 amide bonds. The molecule has 0 bridgehead atoms. The molecule has 1 rings (SSSR count). The second kappa shape index (κ2) is 8.57. The first-order valence-corrected chi connectivity index (χ1v) is 7.94.